The summed E-state index contributed by atoms with van der Waals surface area (Å²) in [6.45, 7) is 1.73. The summed E-state index contributed by atoms with van der Waals surface area (Å²) >= 11 is 0. The largest absolute Gasteiger partial charge is 0.318 e. The van der Waals surface area contributed by atoms with Crippen LogP contribution in [0.2, 0.25) is 0 Å². The molecule has 0 bridgehead atoms. The second-order valence-electron chi connectivity index (χ2n) is 5.65. The van der Waals surface area contributed by atoms with E-state index in [9.17, 15) is 17.6 Å². The summed E-state index contributed by atoms with van der Waals surface area (Å²) in [5, 5.41) is 3.12. The molecule has 21 heavy (non-hydrogen) atoms. The highest BCUT2D eigenvalue weighted by Crippen LogP contribution is 2.31. The molecule has 3 atom stereocenters. The molecule has 3 rings (SSSR count). The van der Waals surface area contributed by atoms with E-state index in [1.807, 2.05) is 0 Å². The smallest absolute Gasteiger partial charge is 0.241 e. The van der Waals surface area contributed by atoms with Crippen molar-refractivity contribution in [3.8, 4) is 0 Å². The maximum Gasteiger partial charge on any atom is 0.241 e. The van der Waals surface area contributed by atoms with E-state index < -0.39 is 22.0 Å². The standard InChI is InChI=1S/C14H17FN2O3S/c1-9-14(18)17(12-5-6-21(19,20)8-12)13(16-9)10-3-2-4-11(15)7-10/h2-4,7,9,12-13,16H,5-6,8H2,1H3. The van der Waals surface area contributed by atoms with Crippen molar-refractivity contribution in [3.05, 3.63) is 35.6 Å². The molecule has 114 valence electrons. The molecule has 3 unspecified atom stereocenters. The first-order chi connectivity index (χ1) is 9.87. The van der Waals surface area contributed by atoms with Crippen LogP contribution in [0, 0.1) is 5.82 Å². The zero-order valence-corrected chi connectivity index (χ0v) is 12.4. The fourth-order valence-corrected chi connectivity index (χ4v) is 4.77. The Balaban J connectivity index is 1.94. The maximum absolute atomic E-state index is 13.4. The van der Waals surface area contributed by atoms with Crippen LogP contribution in [0.1, 0.15) is 25.1 Å². The van der Waals surface area contributed by atoms with Crippen LogP contribution in [0.3, 0.4) is 0 Å². The van der Waals surface area contributed by atoms with Crippen LogP contribution in [0.4, 0.5) is 4.39 Å². The number of hydrogen-bond acceptors (Lipinski definition) is 4. The van der Waals surface area contributed by atoms with Crippen LogP contribution >= 0.6 is 0 Å². The Labute approximate surface area is 123 Å². The van der Waals surface area contributed by atoms with E-state index >= 15 is 0 Å². The minimum absolute atomic E-state index is 0.0149. The van der Waals surface area contributed by atoms with Gasteiger partial charge < -0.3 is 4.90 Å². The monoisotopic (exact) mass is 312 g/mol. The zero-order chi connectivity index (χ0) is 15.2. The average molecular weight is 312 g/mol. The van der Waals surface area contributed by atoms with E-state index in [1.165, 1.54) is 12.1 Å². The van der Waals surface area contributed by atoms with E-state index in [0.29, 0.717) is 12.0 Å². The Morgan fingerprint density at radius 3 is 2.76 bits per heavy atom. The number of halogens is 1. The van der Waals surface area contributed by atoms with Gasteiger partial charge in [0.25, 0.3) is 0 Å². The Bertz CT molecular complexity index is 677. The minimum atomic E-state index is -3.08. The molecule has 0 radical (unpaired) electrons. The number of nitrogens with zero attached hydrogens (tertiary/aromatic N) is 1. The van der Waals surface area contributed by atoms with Gasteiger partial charge in [0.1, 0.15) is 12.0 Å². The van der Waals surface area contributed by atoms with Crippen LogP contribution < -0.4 is 5.32 Å². The van der Waals surface area contributed by atoms with Gasteiger partial charge in [-0.25, -0.2) is 12.8 Å². The van der Waals surface area contributed by atoms with Crippen molar-refractivity contribution in [3.63, 3.8) is 0 Å². The number of carbonyl (C=O) groups excluding carboxylic acids is 1. The van der Waals surface area contributed by atoms with Gasteiger partial charge in [0.05, 0.1) is 17.5 Å². The average Bonchev–Trinajstić information content (AvgIpc) is 2.91. The van der Waals surface area contributed by atoms with E-state index in [-0.39, 0.29) is 29.3 Å². The molecule has 0 aliphatic carbocycles. The molecule has 1 amide bonds. The second kappa shape index (κ2) is 5.06. The van der Waals surface area contributed by atoms with Gasteiger partial charge in [-0.05, 0) is 31.0 Å². The number of sulfone groups is 1. The summed E-state index contributed by atoms with van der Waals surface area (Å²) in [6.07, 6.45) is -0.0321. The fraction of sp³-hybridized carbons (Fsp3) is 0.500. The third-order valence-corrected chi connectivity index (χ3v) is 5.83. The highest BCUT2D eigenvalue weighted by atomic mass is 32.2. The molecule has 1 aromatic rings. The number of nitrogens with one attached hydrogen (secondary N) is 1. The Morgan fingerprint density at radius 1 is 1.38 bits per heavy atom. The molecule has 1 aromatic carbocycles. The molecule has 0 saturated carbocycles. The normalized spacial score (nSPS) is 31.8. The minimum Gasteiger partial charge on any atom is -0.318 e. The van der Waals surface area contributed by atoms with E-state index in [2.05, 4.69) is 5.32 Å². The molecular weight excluding hydrogens is 295 g/mol. The molecule has 1 N–H and O–H groups in total. The van der Waals surface area contributed by atoms with Crippen molar-refractivity contribution in [1.82, 2.24) is 10.2 Å². The fourth-order valence-electron chi connectivity index (χ4n) is 3.06. The molecular formula is C14H17FN2O3S. The molecule has 2 saturated heterocycles. The highest BCUT2D eigenvalue weighted by Gasteiger charge is 2.44. The number of benzene rings is 1. The third-order valence-electron chi connectivity index (χ3n) is 4.08. The lowest BCUT2D eigenvalue weighted by molar-refractivity contribution is -0.131. The Morgan fingerprint density at radius 2 is 2.14 bits per heavy atom. The topological polar surface area (TPSA) is 66.5 Å². The zero-order valence-electron chi connectivity index (χ0n) is 11.6. The third kappa shape index (κ3) is 2.67. The molecule has 0 spiro atoms. The second-order valence-corrected chi connectivity index (χ2v) is 7.88. The maximum atomic E-state index is 13.4. The van der Waals surface area contributed by atoms with Gasteiger partial charge in [0, 0.05) is 6.04 Å². The Hall–Kier alpha value is -1.47. The number of amides is 1. The van der Waals surface area contributed by atoms with E-state index in [1.54, 1.807) is 24.0 Å². The highest BCUT2D eigenvalue weighted by molar-refractivity contribution is 7.91. The first-order valence-corrected chi connectivity index (χ1v) is 8.74. The van der Waals surface area contributed by atoms with Crippen molar-refractivity contribution >= 4 is 15.7 Å². The van der Waals surface area contributed by atoms with E-state index in [4.69, 9.17) is 0 Å². The first kappa shape index (κ1) is 14.5. The van der Waals surface area contributed by atoms with Crippen molar-refractivity contribution in [2.24, 2.45) is 0 Å². The van der Waals surface area contributed by atoms with Crippen LogP contribution in [-0.2, 0) is 14.6 Å². The number of rotatable bonds is 2. The lowest BCUT2D eigenvalue weighted by Crippen LogP contribution is -2.40. The quantitative estimate of drug-likeness (QED) is 0.878. The van der Waals surface area contributed by atoms with Crippen molar-refractivity contribution in [1.29, 1.82) is 0 Å². The van der Waals surface area contributed by atoms with Gasteiger partial charge in [-0.1, -0.05) is 12.1 Å². The number of hydrogen-bond donors (Lipinski definition) is 1. The predicted molar refractivity (Wildman–Crippen MR) is 75.6 cm³/mol. The van der Waals surface area contributed by atoms with Gasteiger partial charge >= 0.3 is 0 Å². The van der Waals surface area contributed by atoms with Gasteiger partial charge in [-0.15, -0.1) is 0 Å². The summed E-state index contributed by atoms with van der Waals surface area (Å²) in [4.78, 5) is 13.9. The lowest BCUT2D eigenvalue weighted by Gasteiger charge is -2.29. The van der Waals surface area contributed by atoms with Gasteiger partial charge in [-0.3, -0.25) is 10.1 Å². The summed E-state index contributed by atoms with van der Waals surface area (Å²) in [5.74, 6) is -0.420. The van der Waals surface area contributed by atoms with E-state index in [0.717, 1.165) is 0 Å². The van der Waals surface area contributed by atoms with Crippen molar-refractivity contribution < 1.29 is 17.6 Å². The SMILES string of the molecule is CC1NC(c2cccc(F)c2)N(C2CCS(=O)(=O)C2)C1=O. The molecule has 2 heterocycles. The van der Waals surface area contributed by atoms with Gasteiger partial charge in [-0.2, -0.15) is 0 Å². The summed E-state index contributed by atoms with van der Waals surface area (Å²) in [7, 11) is -3.08. The molecule has 7 heteroatoms. The molecule has 5 nitrogen and oxygen atoms in total. The Kier molecular flexibility index (Phi) is 3.49. The molecule has 2 aliphatic rings. The van der Waals surface area contributed by atoms with Crippen molar-refractivity contribution in [2.45, 2.75) is 31.6 Å². The summed E-state index contributed by atoms with van der Waals surface area (Å²) in [5.41, 5.74) is 0.636. The summed E-state index contributed by atoms with van der Waals surface area (Å²) in [6, 6.07) is 5.30. The van der Waals surface area contributed by atoms with Crippen LogP contribution in [-0.4, -0.2) is 42.8 Å². The van der Waals surface area contributed by atoms with Crippen LogP contribution in [0.5, 0.6) is 0 Å². The predicted octanol–water partition coefficient (Wildman–Crippen LogP) is 0.832. The van der Waals surface area contributed by atoms with Gasteiger partial charge in [0.2, 0.25) is 5.91 Å². The molecule has 0 aromatic heterocycles. The lowest BCUT2D eigenvalue weighted by atomic mass is 10.1. The summed E-state index contributed by atoms with van der Waals surface area (Å²) < 4.78 is 36.7. The first-order valence-electron chi connectivity index (χ1n) is 6.91. The van der Waals surface area contributed by atoms with Crippen LogP contribution in [0.15, 0.2) is 24.3 Å². The molecule has 2 aliphatic heterocycles. The number of carbonyl (C=O) groups is 1. The van der Waals surface area contributed by atoms with Gasteiger partial charge in [0.15, 0.2) is 9.84 Å². The van der Waals surface area contributed by atoms with Crippen LogP contribution in [0.25, 0.3) is 0 Å². The molecule has 2 fully saturated rings. The van der Waals surface area contributed by atoms with Crippen molar-refractivity contribution in [2.75, 3.05) is 11.5 Å².